The predicted molar refractivity (Wildman–Crippen MR) is 76.6 cm³/mol. The molecule has 1 aromatic carbocycles. The summed E-state index contributed by atoms with van der Waals surface area (Å²) in [6, 6.07) is 7.23. The van der Waals surface area contributed by atoms with E-state index in [0.717, 1.165) is 6.07 Å². The third kappa shape index (κ3) is 4.96. The quantitative estimate of drug-likeness (QED) is 0.231. The molecule has 0 unspecified atom stereocenters. The molecule has 0 saturated heterocycles. The van der Waals surface area contributed by atoms with Gasteiger partial charge in [-0.15, -0.1) is 0 Å². The Labute approximate surface area is 187 Å². The second kappa shape index (κ2) is 8.67. The van der Waals surface area contributed by atoms with Crippen molar-refractivity contribution < 1.29 is 90.5 Å². The number of hydrogen-bond acceptors (Lipinski definition) is 8. The minimum absolute atomic E-state index is 0. The van der Waals surface area contributed by atoms with E-state index in [0.29, 0.717) is 10.9 Å². The molecular weight excluding hydrogens is 394 g/mol. The van der Waals surface area contributed by atoms with E-state index in [1.165, 1.54) is 12.3 Å². The number of aromatic nitrogens is 2. The van der Waals surface area contributed by atoms with Crippen molar-refractivity contribution >= 4 is 42.0 Å². The smallest absolute Gasteiger partial charge is 0.744 e. The Bertz CT molecular complexity index is 1130. The Hall–Kier alpha value is -0.180. The van der Waals surface area contributed by atoms with Crippen LogP contribution in [0.3, 0.4) is 0 Å². The van der Waals surface area contributed by atoms with Crippen molar-refractivity contribution in [3.05, 3.63) is 36.5 Å². The molecule has 0 radical (unpaired) electrons. The van der Waals surface area contributed by atoms with Crippen LogP contribution in [0.15, 0.2) is 46.5 Å². The summed E-state index contributed by atoms with van der Waals surface area (Å²) in [5, 5.41) is -0.504. The van der Waals surface area contributed by atoms with Crippen LogP contribution in [0.1, 0.15) is 0 Å². The second-order valence-electron chi connectivity index (χ2n) is 4.41. The first-order valence-electron chi connectivity index (χ1n) is 5.78. The minimum atomic E-state index is -5.24. The summed E-state index contributed by atoms with van der Waals surface area (Å²) in [6.45, 7) is 0. The fraction of sp³-hybridized carbons (Fsp3) is 0. The van der Waals surface area contributed by atoms with E-state index in [-0.39, 0.29) is 75.5 Å². The third-order valence-corrected chi connectivity index (χ3v) is 4.76. The van der Waals surface area contributed by atoms with Gasteiger partial charge in [0.05, 0.1) is 15.9 Å². The molecule has 0 saturated carbocycles. The van der Waals surface area contributed by atoms with Crippen molar-refractivity contribution in [3.63, 3.8) is 0 Å². The van der Waals surface area contributed by atoms with Crippen molar-refractivity contribution in [1.82, 2.24) is 9.97 Å². The molecule has 2 aromatic heterocycles. The van der Waals surface area contributed by atoms with Crippen LogP contribution in [-0.4, -0.2) is 41.4 Å². The third-order valence-electron chi connectivity index (χ3n) is 3.00. The van der Waals surface area contributed by atoms with Gasteiger partial charge >= 0.3 is 59.1 Å². The summed E-state index contributed by atoms with van der Waals surface area (Å²) < 4.78 is 67.3. The van der Waals surface area contributed by atoms with E-state index >= 15 is 0 Å². The van der Waals surface area contributed by atoms with Gasteiger partial charge < -0.3 is 14.6 Å². The van der Waals surface area contributed by atoms with E-state index in [2.05, 4.69) is 9.97 Å². The average Bonchev–Trinajstić information content (AvgIpc) is 2.44. The number of benzene rings is 1. The molecule has 0 fully saturated rings. The Balaban J connectivity index is 0.00000192. The normalized spacial score (nSPS) is 11.3. The Kier molecular flexibility index (Phi) is 8.61. The molecule has 2 heterocycles. The first-order chi connectivity index (χ1) is 10.2. The maximum absolute atomic E-state index is 11.2. The van der Waals surface area contributed by atoms with E-state index in [4.69, 9.17) is 0 Å². The topological polar surface area (TPSA) is 172 Å². The Morgan fingerprint density at radius 3 is 2.00 bits per heavy atom. The molecule has 25 heavy (non-hydrogen) atoms. The van der Waals surface area contributed by atoms with Crippen LogP contribution >= 0.6 is 0 Å². The van der Waals surface area contributed by atoms with Gasteiger partial charge in [0.15, 0.2) is 5.03 Å². The summed E-state index contributed by atoms with van der Waals surface area (Å²) in [7, 11) is -10.4. The summed E-state index contributed by atoms with van der Waals surface area (Å²) in [4.78, 5) is 6.47. The molecule has 0 amide bonds. The van der Waals surface area contributed by atoms with Crippen molar-refractivity contribution in [2.45, 2.75) is 9.92 Å². The molecule has 0 aliphatic heterocycles. The van der Waals surface area contributed by atoms with Crippen LogP contribution in [0, 0.1) is 0 Å². The maximum Gasteiger partial charge on any atom is 1.00 e. The summed E-state index contributed by atoms with van der Waals surface area (Å²) in [6.07, 6.45) is 1.44. The minimum Gasteiger partial charge on any atom is -0.744 e. The number of pyridine rings is 2. The van der Waals surface area contributed by atoms with Gasteiger partial charge in [0.25, 0.3) is 0 Å². The zero-order valence-electron chi connectivity index (χ0n) is 13.1. The van der Waals surface area contributed by atoms with Crippen LogP contribution in [0.25, 0.3) is 21.8 Å². The van der Waals surface area contributed by atoms with Crippen LogP contribution < -0.4 is 59.1 Å². The van der Waals surface area contributed by atoms with Gasteiger partial charge in [0.1, 0.15) is 20.2 Å². The molecule has 3 aromatic rings. The molecular formula is C12H8N2Na2O7S2. The van der Waals surface area contributed by atoms with Gasteiger partial charge in [-0.3, -0.25) is 4.98 Å². The monoisotopic (exact) mass is 402 g/mol. The zero-order valence-corrected chi connectivity index (χ0v) is 18.8. The van der Waals surface area contributed by atoms with E-state index < -0.39 is 30.2 Å². The maximum atomic E-state index is 11.2. The van der Waals surface area contributed by atoms with Crippen molar-refractivity contribution in [1.29, 1.82) is 0 Å². The molecule has 122 valence electrons. The van der Waals surface area contributed by atoms with Gasteiger partial charge in [-0.2, -0.15) is 0 Å². The van der Waals surface area contributed by atoms with Crippen LogP contribution in [0.4, 0.5) is 0 Å². The molecule has 13 heteroatoms. The van der Waals surface area contributed by atoms with Gasteiger partial charge in [-0.05, 0) is 12.1 Å². The molecule has 0 spiro atoms. The SMILES string of the molecule is O.O=S(=O)([O-])c1cc2ccc3cccnc3c2nc1S(=O)(=O)[O-].[Na+].[Na+]. The zero-order chi connectivity index (χ0) is 16.1. The second-order valence-corrected chi connectivity index (χ2v) is 7.06. The largest absolute Gasteiger partial charge is 1.00 e. The molecule has 0 aliphatic rings. The van der Waals surface area contributed by atoms with Crippen LogP contribution in [0.2, 0.25) is 0 Å². The van der Waals surface area contributed by atoms with Crippen molar-refractivity contribution in [2.24, 2.45) is 0 Å². The first-order valence-corrected chi connectivity index (χ1v) is 8.60. The summed E-state index contributed by atoms with van der Waals surface area (Å²) in [5.74, 6) is 0. The molecule has 0 atom stereocenters. The Morgan fingerprint density at radius 2 is 1.44 bits per heavy atom. The fourth-order valence-electron chi connectivity index (χ4n) is 2.10. The first kappa shape index (κ1) is 24.8. The average molecular weight is 402 g/mol. The van der Waals surface area contributed by atoms with Gasteiger partial charge in [-0.25, -0.2) is 21.8 Å². The fourth-order valence-corrected chi connectivity index (χ4v) is 3.75. The predicted octanol–water partition coefficient (Wildman–Crippen LogP) is -6.23. The van der Waals surface area contributed by atoms with Crippen molar-refractivity contribution in [3.8, 4) is 0 Å². The summed E-state index contributed by atoms with van der Waals surface area (Å²) in [5.41, 5.74) is 0.319. The molecule has 0 aliphatic carbocycles. The standard InChI is InChI=1S/C12H8N2O6S2.2Na.H2O/c15-21(16,17)9-6-8-4-3-7-2-1-5-13-10(7)11(8)14-12(9)22(18,19)20;;;/h1-6H,(H,15,16,17)(H,18,19,20);;;1H2/q;2*+1;/p-2. The summed E-state index contributed by atoms with van der Waals surface area (Å²) >= 11 is 0. The Morgan fingerprint density at radius 1 is 0.840 bits per heavy atom. The van der Waals surface area contributed by atoms with E-state index in [1.54, 1.807) is 18.2 Å². The van der Waals surface area contributed by atoms with E-state index in [1.807, 2.05) is 0 Å². The van der Waals surface area contributed by atoms with Crippen molar-refractivity contribution in [2.75, 3.05) is 0 Å². The number of rotatable bonds is 2. The van der Waals surface area contributed by atoms with Crippen LogP contribution in [-0.2, 0) is 20.2 Å². The van der Waals surface area contributed by atoms with Crippen LogP contribution in [0.5, 0.6) is 0 Å². The van der Waals surface area contributed by atoms with Gasteiger partial charge in [-0.1, -0.05) is 18.2 Å². The number of hydrogen-bond donors (Lipinski definition) is 0. The number of nitrogens with zero attached hydrogens (tertiary/aromatic N) is 2. The molecule has 9 nitrogen and oxygen atoms in total. The van der Waals surface area contributed by atoms with E-state index in [9.17, 15) is 25.9 Å². The number of fused-ring (bicyclic) bond motifs is 3. The van der Waals surface area contributed by atoms with Gasteiger partial charge in [0, 0.05) is 17.0 Å². The molecule has 0 bridgehead atoms. The van der Waals surface area contributed by atoms with Gasteiger partial charge in [0.2, 0.25) is 0 Å². The molecule has 2 N–H and O–H groups in total. The molecule has 3 rings (SSSR count).